The molecular weight excluding hydrogens is 358 g/mol. The summed E-state index contributed by atoms with van der Waals surface area (Å²) in [7, 11) is 0. The van der Waals surface area contributed by atoms with Gasteiger partial charge in [-0.3, -0.25) is 4.79 Å². The van der Waals surface area contributed by atoms with Crippen LogP contribution in [0, 0.1) is 0 Å². The zero-order valence-corrected chi connectivity index (χ0v) is 16.3. The molecule has 0 radical (unpaired) electrons. The highest BCUT2D eigenvalue weighted by atomic mass is 16.5. The predicted molar refractivity (Wildman–Crippen MR) is 106 cm³/mol. The Morgan fingerprint density at radius 1 is 1.11 bits per heavy atom. The van der Waals surface area contributed by atoms with E-state index < -0.39 is 6.10 Å². The Balaban J connectivity index is 1.93. The molecule has 6 heteroatoms. The van der Waals surface area contributed by atoms with Gasteiger partial charge in [-0.25, -0.2) is 0 Å². The van der Waals surface area contributed by atoms with Crippen molar-refractivity contribution in [3.05, 3.63) is 59.7 Å². The first-order chi connectivity index (χ1) is 13.7. The number of morpholine rings is 1. The van der Waals surface area contributed by atoms with Gasteiger partial charge >= 0.3 is 0 Å². The van der Waals surface area contributed by atoms with Crippen LogP contribution in [0.15, 0.2) is 48.5 Å². The van der Waals surface area contributed by atoms with E-state index in [1.165, 1.54) is 0 Å². The first kappa shape index (κ1) is 20.2. The van der Waals surface area contributed by atoms with Crippen molar-refractivity contribution in [2.24, 2.45) is 0 Å². The lowest BCUT2D eigenvalue weighted by atomic mass is 9.97. The topological polar surface area (TPSA) is 68.2 Å². The molecule has 0 bridgehead atoms. The monoisotopic (exact) mass is 385 g/mol. The van der Waals surface area contributed by atoms with Crippen molar-refractivity contribution in [2.75, 3.05) is 33.0 Å². The van der Waals surface area contributed by atoms with E-state index in [4.69, 9.17) is 14.2 Å². The fourth-order valence-corrected chi connectivity index (χ4v) is 3.51. The zero-order chi connectivity index (χ0) is 19.9. The second kappa shape index (κ2) is 9.57. The van der Waals surface area contributed by atoms with Gasteiger partial charge in [0.2, 0.25) is 0 Å². The minimum atomic E-state index is -0.464. The molecule has 2 aromatic carbocycles. The van der Waals surface area contributed by atoms with Gasteiger partial charge in [0.1, 0.15) is 6.10 Å². The number of aliphatic hydroxyl groups is 1. The number of amides is 1. The average molecular weight is 385 g/mol. The minimum absolute atomic E-state index is 0.125. The number of hydrogen-bond acceptors (Lipinski definition) is 5. The maximum atomic E-state index is 13.4. The molecule has 0 saturated carbocycles. The highest BCUT2D eigenvalue weighted by Crippen LogP contribution is 2.33. The Labute approximate surface area is 165 Å². The number of benzene rings is 2. The standard InChI is InChI=1S/C22H27NO5/c1-3-26-18-11-10-17(14-19(18)27-4-2)22(25)23-12-13-28-20(15-24)21(23)16-8-6-5-7-9-16/h5-11,14,20-21,24H,3-4,12-13,15H2,1-2H3/t20-,21-/m1/s1. The van der Waals surface area contributed by atoms with E-state index in [1.807, 2.05) is 44.2 Å². The highest BCUT2D eigenvalue weighted by Gasteiger charge is 2.36. The van der Waals surface area contributed by atoms with Crippen molar-refractivity contribution in [3.8, 4) is 11.5 Å². The summed E-state index contributed by atoms with van der Waals surface area (Å²) in [6.07, 6.45) is -0.464. The number of carbonyl (C=O) groups excluding carboxylic acids is 1. The van der Waals surface area contributed by atoms with E-state index in [9.17, 15) is 9.90 Å². The van der Waals surface area contributed by atoms with Crippen LogP contribution in [0.1, 0.15) is 35.8 Å². The third kappa shape index (κ3) is 4.29. The van der Waals surface area contributed by atoms with Crippen LogP contribution >= 0.6 is 0 Å². The molecule has 2 aromatic rings. The number of nitrogens with zero attached hydrogens (tertiary/aromatic N) is 1. The molecule has 0 aliphatic carbocycles. The average Bonchev–Trinajstić information content (AvgIpc) is 2.74. The molecule has 1 saturated heterocycles. The van der Waals surface area contributed by atoms with Crippen LogP contribution in [0.4, 0.5) is 0 Å². The predicted octanol–water partition coefficient (Wildman–Crippen LogP) is 3.06. The van der Waals surface area contributed by atoms with E-state index in [-0.39, 0.29) is 18.6 Å². The lowest BCUT2D eigenvalue weighted by Gasteiger charge is -2.41. The van der Waals surface area contributed by atoms with Crippen LogP contribution in [0.5, 0.6) is 11.5 Å². The Bertz CT molecular complexity index is 780. The van der Waals surface area contributed by atoms with Crippen LogP contribution in [0.3, 0.4) is 0 Å². The fraction of sp³-hybridized carbons (Fsp3) is 0.409. The molecule has 1 heterocycles. The molecule has 1 aliphatic heterocycles. The molecule has 0 unspecified atom stereocenters. The van der Waals surface area contributed by atoms with Gasteiger partial charge in [-0.2, -0.15) is 0 Å². The number of rotatable bonds is 7. The molecule has 1 amide bonds. The van der Waals surface area contributed by atoms with Crippen LogP contribution in [-0.2, 0) is 4.74 Å². The Hall–Kier alpha value is -2.57. The molecule has 1 fully saturated rings. The van der Waals surface area contributed by atoms with Crippen LogP contribution in [-0.4, -0.2) is 55.0 Å². The van der Waals surface area contributed by atoms with Gasteiger partial charge in [0, 0.05) is 12.1 Å². The van der Waals surface area contributed by atoms with E-state index in [1.54, 1.807) is 23.1 Å². The van der Waals surface area contributed by atoms with E-state index in [2.05, 4.69) is 0 Å². The molecule has 1 aliphatic rings. The van der Waals surface area contributed by atoms with Crippen molar-refractivity contribution >= 4 is 5.91 Å². The second-order valence-corrected chi connectivity index (χ2v) is 6.47. The van der Waals surface area contributed by atoms with Crippen molar-refractivity contribution in [3.63, 3.8) is 0 Å². The van der Waals surface area contributed by atoms with Crippen LogP contribution in [0.2, 0.25) is 0 Å². The minimum Gasteiger partial charge on any atom is -0.490 e. The normalized spacial score (nSPS) is 19.3. The lowest BCUT2D eigenvalue weighted by Crippen LogP contribution is -2.49. The van der Waals surface area contributed by atoms with Crippen molar-refractivity contribution in [2.45, 2.75) is 26.0 Å². The first-order valence-electron chi connectivity index (χ1n) is 9.67. The summed E-state index contributed by atoms with van der Waals surface area (Å²) < 4.78 is 17.0. The molecule has 6 nitrogen and oxygen atoms in total. The van der Waals surface area contributed by atoms with Gasteiger partial charge in [-0.05, 0) is 37.6 Å². The molecule has 3 rings (SSSR count). The van der Waals surface area contributed by atoms with Gasteiger partial charge in [0.15, 0.2) is 11.5 Å². The van der Waals surface area contributed by atoms with Crippen LogP contribution < -0.4 is 9.47 Å². The van der Waals surface area contributed by atoms with Crippen molar-refractivity contribution in [1.29, 1.82) is 0 Å². The molecule has 1 N–H and O–H groups in total. The van der Waals surface area contributed by atoms with Gasteiger partial charge in [0.05, 0.1) is 32.5 Å². The SMILES string of the molecule is CCOc1ccc(C(=O)N2CCO[C@H](CO)[C@H]2c2ccccc2)cc1OCC. The molecule has 28 heavy (non-hydrogen) atoms. The lowest BCUT2D eigenvalue weighted by molar-refractivity contribution is -0.0811. The quantitative estimate of drug-likeness (QED) is 0.793. The summed E-state index contributed by atoms with van der Waals surface area (Å²) in [6, 6.07) is 14.6. The van der Waals surface area contributed by atoms with Gasteiger partial charge in [0.25, 0.3) is 5.91 Å². The van der Waals surface area contributed by atoms with E-state index in [0.717, 1.165) is 5.56 Å². The zero-order valence-electron chi connectivity index (χ0n) is 16.3. The van der Waals surface area contributed by atoms with E-state index in [0.29, 0.717) is 43.4 Å². The fourth-order valence-electron chi connectivity index (χ4n) is 3.51. The molecule has 2 atom stereocenters. The molecule has 0 aromatic heterocycles. The molecule has 0 spiro atoms. The smallest absolute Gasteiger partial charge is 0.254 e. The van der Waals surface area contributed by atoms with E-state index >= 15 is 0 Å². The summed E-state index contributed by atoms with van der Waals surface area (Å²) in [5, 5.41) is 9.80. The summed E-state index contributed by atoms with van der Waals surface area (Å²) in [4.78, 5) is 15.1. The Morgan fingerprint density at radius 2 is 1.82 bits per heavy atom. The number of carbonyl (C=O) groups is 1. The van der Waals surface area contributed by atoms with Gasteiger partial charge in [-0.1, -0.05) is 30.3 Å². The number of aliphatic hydroxyl groups excluding tert-OH is 1. The van der Waals surface area contributed by atoms with Crippen LogP contribution in [0.25, 0.3) is 0 Å². The maximum Gasteiger partial charge on any atom is 0.254 e. The number of ether oxygens (including phenoxy) is 3. The highest BCUT2D eigenvalue weighted by molar-refractivity contribution is 5.95. The number of hydrogen-bond donors (Lipinski definition) is 1. The maximum absolute atomic E-state index is 13.4. The second-order valence-electron chi connectivity index (χ2n) is 6.47. The largest absolute Gasteiger partial charge is 0.490 e. The molecule has 150 valence electrons. The third-order valence-electron chi connectivity index (χ3n) is 4.72. The summed E-state index contributed by atoms with van der Waals surface area (Å²) in [6.45, 7) is 5.48. The van der Waals surface area contributed by atoms with Crippen molar-refractivity contribution in [1.82, 2.24) is 4.90 Å². The summed E-state index contributed by atoms with van der Waals surface area (Å²) in [5.41, 5.74) is 1.46. The Morgan fingerprint density at radius 3 is 2.50 bits per heavy atom. The molecular formula is C22H27NO5. The van der Waals surface area contributed by atoms with Crippen molar-refractivity contribution < 1.29 is 24.1 Å². The van der Waals surface area contributed by atoms with Gasteiger partial charge < -0.3 is 24.2 Å². The Kier molecular flexibility index (Phi) is 6.90. The van der Waals surface area contributed by atoms with Gasteiger partial charge in [-0.15, -0.1) is 0 Å². The summed E-state index contributed by atoms with van der Waals surface area (Å²) in [5.74, 6) is 1.05. The third-order valence-corrected chi connectivity index (χ3v) is 4.72. The first-order valence-corrected chi connectivity index (χ1v) is 9.67. The summed E-state index contributed by atoms with van der Waals surface area (Å²) >= 11 is 0.